The maximum absolute atomic E-state index is 14.5. The maximum atomic E-state index is 14.5. The highest BCUT2D eigenvalue weighted by Gasteiger charge is 2.37. The van der Waals surface area contributed by atoms with Crippen LogP contribution in [0, 0.1) is 23.5 Å². The molecule has 0 atom stereocenters. The predicted molar refractivity (Wildman–Crippen MR) is 108 cm³/mol. The summed E-state index contributed by atoms with van der Waals surface area (Å²) in [7, 11) is 0. The molecule has 33 heavy (non-hydrogen) atoms. The molecule has 0 heterocycles. The zero-order chi connectivity index (χ0) is 24.2. The quantitative estimate of drug-likeness (QED) is 0.357. The zero-order valence-electron chi connectivity index (χ0n) is 18.0. The fourth-order valence-electron chi connectivity index (χ4n) is 4.18. The maximum Gasteiger partial charge on any atom is 0.573 e. The molecular weight excluding hydrogens is 453 g/mol. The van der Waals surface area contributed by atoms with Gasteiger partial charge in [-0.2, -0.15) is 8.78 Å². The van der Waals surface area contributed by atoms with Gasteiger partial charge in [0.1, 0.15) is 5.75 Å². The van der Waals surface area contributed by atoms with Crippen LogP contribution in [0.4, 0.5) is 30.7 Å². The molecule has 9 heteroatoms. The fraction of sp³-hybridized carbons (Fsp3) is 0.500. The van der Waals surface area contributed by atoms with Gasteiger partial charge in [0.15, 0.2) is 11.6 Å². The van der Waals surface area contributed by atoms with Crippen LogP contribution in [0.25, 0.3) is 0 Å². The molecule has 1 fully saturated rings. The van der Waals surface area contributed by atoms with Crippen LogP contribution in [-0.4, -0.2) is 6.36 Å². The predicted octanol–water partition coefficient (Wildman–Crippen LogP) is 8.14. The van der Waals surface area contributed by atoms with E-state index in [0.717, 1.165) is 36.5 Å². The van der Waals surface area contributed by atoms with E-state index < -0.39 is 41.2 Å². The van der Waals surface area contributed by atoms with Crippen molar-refractivity contribution in [3.63, 3.8) is 0 Å². The van der Waals surface area contributed by atoms with E-state index in [4.69, 9.17) is 0 Å². The summed E-state index contributed by atoms with van der Waals surface area (Å²) in [6, 6.07) is 5.84. The first-order valence-electron chi connectivity index (χ1n) is 10.9. The summed E-state index contributed by atoms with van der Waals surface area (Å²) < 4.78 is 101. The lowest BCUT2D eigenvalue weighted by Crippen LogP contribution is -2.22. The van der Waals surface area contributed by atoms with E-state index >= 15 is 0 Å². The fourth-order valence-corrected chi connectivity index (χ4v) is 4.18. The molecule has 0 bridgehead atoms. The lowest BCUT2D eigenvalue weighted by atomic mass is 9.78. The number of hydrogen-bond donors (Lipinski definition) is 0. The number of ether oxygens (including phenoxy) is 2. The Hall–Kier alpha value is -2.45. The van der Waals surface area contributed by atoms with Crippen molar-refractivity contribution in [2.75, 3.05) is 0 Å². The zero-order valence-corrected chi connectivity index (χ0v) is 18.0. The highest BCUT2D eigenvalue weighted by Crippen LogP contribution is 2.37. The third-order valence-corrected chi connectivity index (χ3v) is 6.11. The molecule has 0 aromatic heterocycles. The van der Waals surface area contributed by atoms with Crippen LogP contribution in [0.5, 0.6) is 11.5 Å². The molecule has 0 unspecified atom stereocenters. The van der Waals surface area contributed by atoms with E-state index in [-0.39, 0.29) is 12.1 Å². The monoisotopic (exact) mass is 478 g/mol. The number of alkyl halides is 5. The van der Waals surface area contributed by atoms with Crippen molar-refractivity contribution in [2.45, 2.75) is 64.3 Å². The minimum absolute atomic E-state index is 0.208. The largest absolute Gasteiger partial charge is 0.573 e. The van der Waals surface area contributed by atoms with Crippen LogP contribution >= 0.6 is 0 Å². The third kappa shape index (κ3) is 7.01. The van der Waals surface area contributed by atoms with Crippen LogP contribution in [0.15, 0.2) is 36.4 Å². The van der Waals surface area contributed by atoms with Crippen molar-refractivity contribution in [1.29, 1.82) is 0 Å². The summed E-state index contributed by atoms with van der Waals surface area (Å²) in [6.07, 6.45) is -1.53. The van der Waals surface area contributed by atoms with E-state index in [1.54, 1.807) is 12.1 Å². The molecule has 2 nitrogen and oxygen atoms in total. The average Bonchev–Trinajstić information content (AvgIpc) is 2.74. The minimum atomic E-state index is -5.34. The summed E-state index contributed by atoms with van der Waals surface area (Å²) in [5, 5.41) is 0. The highest BCUT2D eigenvalue weighted by atomic mass is 19.4. The van der Waals surface area contributed by atoms with Crippen molar-refractivity contribution in [2.24, 2.45) is 11.8 Å². The molecule has 1 aliphatic carbocycles. The van der Waals surface area contributed by atoms with Crippen molar-refractivity contribution >= 4 is 0 Å². The Bertz CT molecular complexity index is 894. The lowest BCUT2D eigenvalue weighted by Gasteiger charge is -2.27. The van der Waals surface area contributed by atoms with E-state index in [0.29, 0.717) is 5.92 Å². The highest BCUT2D eigenvalue weighted by molar-refractivity contribution is 5.36. The van der Waals surface area contributed by atoms with Crippen LogP contribution in [0.3, 0.4) is 0 Å². The molecule has 1 aliphatic rings. The Morgan fingerprint density at radius 3 is 1.88 bits per heavy atom. The van der Waals surface area contributed by atoms with E-state index in [9.17, 15) is 30.7 Å². The molecule has 0 amide bonds. The first kappa shape index (κ1) is 25.2. The molecular formula is C24H25F7O2. The SMILES string of the molecule is CCC1CCC(CCc2ccc(C(F)(F)Oc3cc(F)c(OC(F)(F)F)c(F)c3)cc2)CC1. The number of halogens is 7. The van der Waals surface area contributed by atoms with Crippen molar-refractivity contribution in [3.05, 3.63) is 59.2 Å². The number of hydrogen-bond acceptors (Lipinski definition) is 2. The third-order valence-electron chi connectivity index (χ3n) is 6.11. The summed E-state index contributed by atoms with van der Waals surface area (Å²) in [5.74, 6) is -4.92. The summed E-state index contributed by atoms with van der Waals surface area (Å²) in [5.41, 5.74) is 0.337. The average molecular weight is 478 g/mol. The molecule has 2 aromatic rings. The van der Waals surface area contributed by atoms with Gasteiger partial charge < -0.3 is 9.47 Å². The number of benzene rings is 2. The first-order valence-corrected chi connectivity index (χ1v) is 10.9. The Morgan fingerprint density at radius 1 is 0.818 bits per heavy atom. The van der Waals surface area contributed by atoms with Gasteiger partial charge in [-0.1, -0.05) is 51.2 Å². The molecule has 0 aliphatic heterocycles. The van der Waals surface area contributed by atoms with Crippen molar-refractivity contribution < 1.29 is 40.2 Å². The van der Waals surface area contributed by atoms with Crippen LogP contribution < -0.4 is 9.47 Å². The molecule has 0 spiro atoms. The molecule has 0 N–H and O–H groups in total. The van der Waals surface area contributed by atoms with Gasteiger partial charge in [-0.3, -0.25) is 0 Å². The van der Waals surface area contributed by atoms with Gasteiger partial charge in [0, 0.05) is 12.1 Å². The second-order valence-electron chi connectivity index (χ2n) is 8.41. The minimum Gasteiger partial charge on any atom is -0.429 e. The molecule has 1 saturated carbocycles. The van der Waals surface area contributed by atoms with Gasteiger partial charge in [0.2, 0.25) is 5.75 Å². The lowest BCUT2D eigenvalue weighted by molar-refractivity contribution is -0.276. The Kier molecular flexibility index (Phi) is 7.80. The van der Waals surface area contributed by atoms with Gasteiger partial charge in [-0.25, -0.2) is 8.78 Å². The summed E-state index contributed by atoms with van der Waals surface area (Å²) >= 11 is 0. The van der Waals surface area contributed by atoms with Gasteiger partial charge in [-0.15, -0.1) is 13.2 Å². The second kappa shape index (κ2) is 10.2. The van der Waals surface area contributed by atoms with Crippen LogP contribution in [0.2, 0.25) is 0 Å². The van der Waals surface area contributed by atoms with Gasteiger partial charge in [0.05, 0.1) is 5.56 Å². The normalized spacial score (nSPS) is 19.4. The number of aryl methyl sites for hydroxylation is 1. The molecule has 2 aromatic carbocycles. The topological polar surface area (TPSA) is 18.5 Å². The van der Waals surface area contributed by atoms with Crippen molar-refractivity contribution in [3.8, 4) is 11.5 Å². The smallest absolute Gasteiger partial charge is 0.429 e. The molecule has 182 valence electrons. The van der Waals surface area contributed by atoms with Gasteiger partial charge >= 0.3 is 12.5 Å². The first-order chi connectivity index (χ1) is 15.5. The van der Waals surface area contributed by atoms with E-state index in [2.05, 4.69) is 16.4 Å². The van der Waals surface area contributed by atoms with Crippen molar-refractivity contribution in [1.82, 2.24) is 0 Å². The van der Waals surface area contributed by atoms with Crippen LogP contribution in [-0.2, 0) is 12.5 Å². The molecule has 0 saturated heterocycles. The Labute approximate surface area is 187 Å². The van der Waals surface area contributed by atoms with E-state index in [1.807, 2.05) is 0 Å². The second-order valence-corrected chi connectivity index (χ2v) is 8.41. The summed E-state index contributed by atoms with van der Waals surface area (Å²) in [4.78, 5) is 0. The standard InChI is InChI=1S/C24H25F7O2/c1-2-15-3-5-16(6-4-15)7-8-17-9-11-18(12-10-17)23(27,28)32-19-13-20(25)22(21(26)14-19)33-24(29,30)31/h9-16H,2-8H2,1H3. The van der Waals surface area contributed by atoms with Gasteiger partial charge in [0.25, 0.3) is 0 Å². The Morgan fingerprint density at radius 2 is 1.36 bits per heavy atom. The summed E-state index contributed by atoms with van der Waals surface area (Å²) in [6.45, 7) is 2.20. The van der Waals surface area contributed by atoms with Gasteiger partial charge in [-0.05, 0) is 42.4 Å². The molecule has 3 rings (SSSR count). The van der Waals surface area contributed by atoms with Crippen LogP contribution in [0.1, 0.15) is 56.6 Å². The molecule has 0 radical (unpaired) electrons. The Balaban J connectivity index is 1.61. The van der Waals surface area contributed by atoms with E-state index in [1.165, 1.54) is 32.1 Å². The number of rotatable bonds is 8.